The maximum atomic E-state index is 13.3. The maximum Gasteiger partial charge on any atom is 0.319 e. The molecule has 1 rings (SSSR count). The van der Waals surface area contributed by atoms with Gasteiger partial charge in [-0.1, -0.05) is 0 Å². The van der Waals surface area contributed by atoms with E-state index in [1.165, 1.54) is 0 Å². The highest BCUT2D eigenvalue weighted by atomic mass is 32.2. The summed E-state index contributed by atoms with van der Waals surface area (Å²) in [5, 5.41) is 8.40. The molecular weight excluding hydrogens is 251 g/mol. The monoisotopic (exact) mass is 260 g/mol. The normalized spacial score (nSPS) is 11.2. The summed E-state index contributed by atoms with van der Waals surface area (Å²) in [4.78, 5) is 20.8. The van der Waals surface area contributed by atoms with E-state index >= 15 is 0 Å². The Balaban J connectivity index is 3.23. The first kappa shape index (κ1) is 13.3. The van der Waals surface area contributed by atoms with Gasteiger partial charge in [-0.15, -0.1) is 0 Å². The Morgan fingerprint density at radius 1 is 1.35 bits per heavy atom. The lowest BCUT2D eigenvalue weighted by Crippen LogP contribution is -2.15. The Morgan fingerprint density at radius 2 is 1.94 bits per heavy atom. The van der Waals surface area contributed by atoms with Crippen LogP contribution < -0.4 is 0 Å². The van der Waals surface area contributed by atoms with Gasteiger partial charge in [0.15, 0.2) is 21.4 Å². The van der Waals surface area contributed by atoms with Crippen LogP contribution in [0.15, 0.2) is 23.1 Å². The summed E-state index contributed by atoms with van der Waals surface area (Å²) in [6.07, 6.45) is 0. The largest absolute Gasteiger partial charge is 0.480 e. The van der Waals surface area contributed by atoms with Gasteiger partial charge in [0, 0.05) is 0 Å². The molecule has 7 heteroatoms. The number of ketones is 1. The average molecular weight is 260 g/mol. The Labute approximate surface area is 96.8 Å². The van der Waals surface area contributed by atoms with Gasteiger partial charge in [0.1, 0.15) is 5.82 Å². The van der Waals surface area contributed by atoms with Crippen molar-refractivity contribution in [2.45, 2.75) is 11.8 Å². The lowest BCUT2D eigenvalue weighted by Gasteiger charge is -2.03. The first-order valence-electron chi connectivity index (χ1n) is 4.49. The molecule has 0 aliphatic heterocycles. The van der Waals surface area contributed by atoms with Crippen molar-refractivity contribution in [3.05, 3.63) is 29.6 Å². The van der Waals surface area contributed by atoms with E-state index in [4.69, 9.17) is 5.11 Å². The quantitative estimate of drug-likeness (QED) is 0.812. The highest BCUT2D eigenvalue weighted by molar-refractivity contribution is 7.92. The number of hydrogen-bond donors (Lipinski definition) is 1. The van der Waals surface area contributed by atoms with E-state index in [1.807, 2.05) is 0 Å². The molecule has 0 aliphatic carbocycles. The van der Waals surface area contributed by atoms with E-state index in [0.717, 1.165) is 19.1 Å². The summed E-state index contributed by atoms with van der Waals surface area (Å²) < 4.78 is 36.2. The summed E-state index contributed by atoms with van der Waals surface area (Å²) >= 11 is 0. The molecule has 92 valence electrons. The molecule has 5 nitrogen and oxygen atoms in total. The third kappa shape index (κ3) is 3.10. The summed E-state index contributed by atoms with van der Waals surface area (Å²) in [6, 6.07) is 2.68. The van der Waals surface area contributed by atoms with Gasteiger partial charge in [-0.2, -0.15) is 0 Å². The molecule has 0 bridgehead atoms. The topological polar surface area (TPSA) is 88.5 Å². The van der Waals surface area contributed by atoms with Crippen LogP contribution in [-0.2, 0) is 14.6 Å². The Bertz CT molecular complexity index is 576. The van der Waals surface area contributed by atoms with Crippen molar-refractivity contribution in [2.24, 2.45) is 0 Å². The Hall–Kier alpha value is -1.76. The van der Waals surface area contributed by atoms with Gasteiger partial charge in [0.05, 0.1) is 10.5 Å². The molecule has 0 unspecified atom stereocenters. The first-order valence-corrected chi connectivity index (χ1v) is 6.14. The second kappa shape index (κ2) is 4.62. The molecule has 1 aromatic rings. The van der Waals surface area contributed by atoms with Gasteiger partial charge < -0.3 is 5.11 Å². The molecular formula is C10H9FO5S. The highest BCUT2D eigenvalue weighted by Gasteiger charge is 2.20. The predicted octanol–water partition coefficient (Wildman–Crippen LogP) is 0.887. The van der Waals surface area contributed by atoms with Gasteiger partial charge in [-0.3, -0.25) is 9.59 Å². The van der Waals surface area contributed by atoms with Gasteiger partial charge in [-0.25, -0.2) is 12.8 Å². The van der Waals surface area contributed by atoms with Crippen LogP contribution in [-0.4, -0.2) is 31.0 Å². The lowest BCUT2D eigenvalue weighted by atomic mass is 10.1. The number of halogens is 1. The second-order valence-electron chi connectivity index (χ2n) is 3.35. The fourth-order valence-electron chi connectivity index (χ4n) is 1.22. The summed E-state index contributed by atoms with van der Waals surface area (Å²) in [7, 11) is -4.08. The number of benzene rings is 1. The minimum absolute atomic E-state index is 0.237. The molecule has 0 saturated heterocycles. The lowest BCUT2D eigenvalue weighted by molar-refractivity contribution is -0.134. The highest BCUT2D eigenvalue weighted by Crippen LogP contribution is 2.16. The number of hydrogen-bond acceptors (Lipinski definition) is 4. The van der Waals surface area contributed by atoms with Crippen molar-refractivity contribution < 1.29 is 27.5 Å². The van der Waals surface area contributed by atoms with Gasteiger partial charge >= 0.3 is 5.97 Å². The first-order chi connectivity index (χ1) is 7.74. The van der Waals surface area contributed by atoms with Gasteiger partial charge in [0.2, 0.25) is 0 Å². The third-order valence-corrected chi connectivity index (χ3v) is 3.59. The molecule has 0 fully saturated rings. The predicted molar refractivity (Wildman–Crippen MR) is 56.1 cm³/mol. The molecule has 0 amide bonds. The number of rotatable bonds is 4. The van der Waals surface area contributed by atoms with Crippen molar-refractivity contribution in [1.29, 1.82) is 0 Å². The van der Waals surface area contributed by atoms with E-state index < -0.39 is 38.1 Å². The number of aliphatic carboxylic acids is 1. The van der Waals surface area contributed by atoms with Crippen LogP contribution in [0.3, 0.4) is 0 Å². The van der Waals surface area contributed by atoms with E-state index in [9.17, 15) is 22.4 Å². The van der Waals surface area contributed by atoms with Crippen LogP contribution in [0.25, 0.3) is 0 Å². The number of Topliss-reactive ketones (excluding diaryl/α,β-unsaturated/α-hetero) is 1. The zero-order valence-corrected chi connectivity index (χ0v) is 9.62. The van der Waals surface area contributed by atoms with Gasteiger partial charge in [0.25, 0.3) is 0 Å². The van der Waals surface area contributed by atoms with Crippen LogP contribution in [0.2, 0.25) is 0 Å². The Morgan fingerprint density at radius 3 is 2.35 bits per heavy atom. The molecule has 0 spiro atoms. The van der Waals surface area contributed by atoms with Crippen LogP contribution in [0.5, 0.6) is 0 Å². The van der Waals surface area contributed by atoms with Crippen LogP contribution >= 0.6 is 0 Å². The Kier molecular flexibility index (Phi) is 3.62. The minimum Gasteiger partial charge on any atom is -0.480 e. The van der Waals surface area contributed by atoms with Crippen LogP contribution in [0.1, 0.15) is 17.3 Å². The van der Waals surface area contributed by atoms with Gasteiger partial charge in [-0.05, 0) is 25.1 Å². The molecule has 0 aromatic heterocycles. The number of carboxylic acids is 1. The fraction of sp³-hybridized carbons (Fsp3) is 0.200. The number of carbonyl (C=O) groups excluding carboxylic acids is 1. The SMILES string of the molecule is CC(=O)c1ccc(S(=O)(=O)CC(=O)O)cc1F. The molecule has 1 aromatic carbocycles. The number of carboxylic acid groups (broad SMARTS) is 1. The number of carbonyl (C=O) groups is 2. The zero-order chi connectivity index (χ0) is 13.2. The van der Waals surface area contributed by atoms with E-state index in [2.05, 4.69) is 0 Å². The number of sulfone groups is 1. The maximum absolute atomic E-state index is 13.3. The molecule has 1 N–H and O–H groups in total. The average Bonchev–Trinajstić information content (AvgIpc) is 2.14. The third-order valence-electron chi connectivity index (χ3n) is 1.99. The van der Waals surface area contributed by atoms with Crippen molar-refractivity contribution in [2.75, 3.05) is 5.75 Å². The van der Waals surface area contributed by atoms with E-state index in [-0.39, 0.29) is 5.56 Å². The molecule has 0 aliphatic rings. The summed E-state index contributed by atoms with van der Waals surface area (Å²) in [5.74, 6) is -4.17. The molecule has 0 atom stereocenters. The standard InChI is InChI=1S/C10H9FO5S/c1-6(12)8-3-2-7(4-9(8)11)17(15,16)5-10(13)14/h2-4H,5H2,1H3,(H,13,14). The minimum atomic E-state index is -4.08. The van der Waals surface area contributed by atoms with Crippen molar-refractivity contribution in [3.8, 4) is 0 Å². The van der Waals surface area contributed by atoms with Crippen molar-refractivity contribution >= 4 is 21.6 Å². The fourth-order valence-corrected chi connectivity index (χ4v) is 2.27. The van der Waals surface area contributed by atoms with E-state index in [1.54, 1.807) is 0 Å². The molecule has 0 radical (unpaired) electrons. The van der Waals surface area contributed by atoms with Crippen molar-refractivity contribution in [3.63, 3.8) is 0 Å². The molecule has 17 heavy (non-hydrogen) atoms. The molecule has 0 saturated carbocycles. The van der Waals surface area contributed by atoms with E-state index in [0.29, 0.717) is 6.07 Å². The van der Waals surface area contributed by atoms with Crippen molar-refractivity contribution in [1.82, 2.24) is 0 Å². The second-order valence-corrected chi connectivity index (χ2v) is 5.34. The van der Waals surface area contributed by atoms with Crippen LogP contribution in [0, 0.1) is 5.82 Å². The van der Waals surface area contributed by atoms with Crippen LogP contribution in [0.4, 0.5) is 4.39 Å². The smallest absolute Gasteiger partial charge is 0.319 e. The summed E-state index contributed by atoms with van der Waals surface area (Å²) in [6.45, 7) is 1.14. The summed E-state index contributed by atoms with van der Waals surface area (Å²) in [5.41, 5.74) is -0.237. The molecule has 0 heterocycles. The zero-order valence-electron chi connectivity index (χ0n) is 8.81.